The highest BCUT2D eigenvalue weighted by atomic mass is 32.2. The highest BCUT2D eigenvalue weighted by Gasteiger charge is 2.16. The lowest BCUT2D eigenvalue weighted by Gasteiger charge is -2.30. The average molecular weight is 238 g/mol. The molecule has 2 N–H and O–H groups in total. The zero-order valence-corrected chi connectivity index (χ0v) is 10.4. The molecule has 0 fully saturated rings. The molecule has 1 heterocycles. The second-order valence-electron chi connectivity index (χ2n) is 3.76. The fraction of sp³-hybridized carbons (Fsp3) is 0.500. The number of hydrogen-bond acceptors (Lipinski definition) is 4. The number of nitrogen functional groups attached to an aromatic ring is 1. The Morgan fingerprint density at radius 2 is 2.38 bits per heavy atom. The van der Waals surface area contributed by atoms with Crippen LogP contribution in [0.4, 0.5) is 11.4 Å². The summed E-state index contributed by atoms with van der Waals surface area (Å²) in [7, 11) is 0. The smallest absolute Gasteiger partial charge is 0.0641 e. The Kier molecular flexibility index (Phi) is 3.96. The number of rotatable bonds is 4. The van der Waals surface area contributed by atoms with E-state index in [1.807, 2.05) is 24.8 Å². The van der Waals surface area contributed by atoms with Crippen LogP contribution in [0.1, 0.15) is 6.92 Å². The molecule has 3 nitrogen and oxygen atoms in total. The van der Waals surface area contributed by atoms with Gasteiger partial charge >= 0.3 is 0 Å². The van der Waals surface area contributed by atoms with Gasteiger partial charge in [-0.3, -0.25) is 0 Å². The van der Waals surface area contributed by atoms with Crippen LogP contribution in [0.15, 0.2) is 23.1 Å². The van der Waals surface area contributed by atoms with E-state index in [4.69, 9.17) is 10.5 Å². The molecule has 0 aliphatic carbocycles. The first-order chi connectivity index (χ1) is 7.81. The quantitative estimate of drug-likeness (QED) is 0.645. The molecule has 0 radical (unpaired) electrons. The largest absolute Gasteiger partial charge is 0.399 e. The highest BCUT2D eigenvalue weighted by Crippen LogP contribution is 2.35. The normalized spacial score (nSPS) is 14.9. The molecule has 0 spiro atoms. The lowest BCUT2D eigenvalue weighted by atomic mass is 10.2. The van der Waals surface area contributed by atoms with Crippen LogP contribution >= 0.6 is 11.8 Å². The molecule has 1 aliphatic heterocycles. The maximum atomic E-state index is 5.83. The number of nitrogens with two attached hydrogens (primary N) is 1. The number of hydrogen-bond donors (Lipinski definition) is 1. The molecular weight excluding hydrogens is 220 g/mol. The molecule has 0 saturated heterocycles. The molecule has 0 aromatic heterocycles. The Morgan fingerprint density at radius 3 is 3.19 bits per heavy atom. The fourth-order valence-corrected chi connectivity index (χ4v) is 2.87. The Bertz CT molecular complexity index is 357. The van der Waals surface area contributed by atoms with E-state index in [2.05, 4.69) is 17.0 Å². The Balaban J connectivity index is 2.09. The molecule has 1 aromatic carbocycles. The number of fused-ring (bicyclic) bond motifs is 1. The average Bonchev–Trinajstić information content (AvgIpc) is 2.30. The third-order valence-electron chi connectivity index (χ3n) is 2.65. The van der Waals surface area contributed by atoms with Gasteiger partial charge in [-0.1, -0.05) is 0 Å². The lowest BCUT2D eigenvalue weighted by molar-refractivity contribution is 0.154. The standard InChI is InChI=1S/C12H18N2OS/c1-2-15-7-5-14-6-8-16-12-4-3-10(13)9-11(12)14/h3-4,9H,2,5-8,13H2,1H3. The molecule has 0 atom stereocenters. The molecule has 0 amide bonds. The first-order valence-electron chi connectivity index (χ1n) is 5.66. The summed E-state index contributed by atoms with van der Waals surface area (Å²) in [5.74, 6) is 1.14. The summed E-state index contributed by atoms with van der Waals surface area (Å²) >= 11 is 1.90. The molecule has 0 unspecified atom stereocenters. The molecule has 2 rings (SSSR count). The van der Waals surface area contributed by atoms with Crippen LogP contribution in [-0.4, -0.2) is 32.1 Å². The Morgan fingerprint density at radius 1 is 1.50 bits per heavy atom. The van der Waals surface area contributed by atoms with Crippen LogP contribution in [0.25, 0.3) is 0 Å². The van der Waals surface area contributed by atoms with Gasteiger partial charge in [-0.2, -0.15) is 0 Å². The number of benzene rings is 1. The van der Waals surface area contributed by atoms with E-state index in [-0.39, 0.29) is 0 Å². The first-order valence-corrected chi connectivity index (χ1v) is 6.65. The number of anilines is 2. The first kappa shape index (κ1) is 11.6. The minimum atomic E-state index is 0.784. The van der Waals surface area contributed by atoms with E-state index in [1.54, 1.807) is 0 Å². The van der Waals surface area contributed by atoms with Gasteiger partial charge in [-0.05, 0) is 25.1 Å². The summed E-state index contributed by atoms with van der Waals surface area (Å²) in [6, 6.07) is 6.15. The molecule has 0 bridgehead atoms. The lowest BCUT2D eigenvalue weighted by Crippen LogP contribution is -2.32. The minimum absolute atomic E-state index is 0.784. The second kappa shape index (κ2) is 5.46. The highest BCUT2D eigenvalue weighted by molar-refractivity contribution is 7.99. The Hall–Kier alpha value is -0.870. The topological polar surface area (TPSA) is 38.5 Å². The SMILES string of the molecule is CCOCCN1CCSc2ccc(N)cc21. The number of thioether (sulfide) groups is 1. The summed E-state index contributed by atoms with van der Waals surface area (Å²) in [5, 5.41) is 0. The van der Waals surface area contributed by atoms with Crippen molar-refractivity contribution in [2.75, 3.05) is 42.7 Å². The van der Waals surface area contributed by atoms with Gasteiger partial charge in [0, 0.05) is 36.0 Å². The van der Waals surface area contributed by atoms with E-state index in [0.29, 0.717) is 0 Å². The predicted octanol–water partition coefficient (Wildman–Crippen LogP) is 2.22. The number of nitrogens with zero attached hydrogens (tertiary/aromatic N) is 1. The second-order valence-corrected chi connectivity index (χ2v) is 4.90. The van der Waals surface area contributed by atoms with E-state index >= 15 is 0 Å². The molecule has 1 aromatic rings. The fourth-order valence-electron chi connectivity index (χ4n) is 1.84. The van der Waals surface area contributed by atoms with Gasteiger partial charge in [-0.15, -0.1) is 11.8 Å². The van der Waals surface area contributed by atoms with Crippen molar-refractivity contribution in [2.45, 2.75) is 11.8 Å². The summed E-state index contributed by atoms with van der Waals surface area (Å²) in [5.41, 5.74) is 7.93. The zero-order chi connectivity index (χ0) is 11.4. The van der Waals surface area contributed by atoms with Gasteiger partial charge in [0.2, 0.25) is 0 Å². The van der Waals surface area contributed by atoms with Crippen molar-refractivity contribution in [3.05, 3.63) is 18.2 Å². The van der Waals surface area contributed by atoms with Gasteiger partial charge in [0.1, 0.15) is 0 Å². The summed E-state index contributed by atoms with van der Waals surface area (Å²) in [4.78, 5) is 3.69. The van der Waals surface area contributed by atoms with Gasteiger partial charge in [0.15, 0.2) is 0 Å². The predicted molar refractivity (Wildman–Crippen MR) is 70.3 cm³/mol. The summed E-state index contributed by atoms with van der Waals surface area (Å²) in [6.07, 6.45) is 0. The van der Waals surface area contributed by atoms with E-state index in [9.17, 15) is 0 Å². The van der Waals surface area contributed by atoms with Crippen molar-refractivity contribution in [1.29, 1.82) is 0 Å². The van der Waals surface area contributed by atoms with Crippen LogP contribution in [0.2, 0.25) is 0 Å². The molecular formula is C12H18N2OS. The monoisotopic (exact) mass is 238 g/mol. The van der Waals surface area contributed by atoms with E-state index < -0.39 is 0 Å². The van der Waals surface area contributed by atoms with Crippen molar-refractivity contribution >= 4 is 23.1 Å². The number of ether oxygens (including phenoxy) is 1. The van der Waals surface area contributed by atoms with Crippen molar-refractivity contribution in [3.8, 4) is 0 Å². The van der Waals surface area contributed by atoms with Crippen LogP contribution in [0, 0.1) is 0 Å². The zero-order valence-electron chi connectivity index (χ0n) is 9.61. The third kappa shape index (κ3) is 2.62. The Labute approximate surface area is 101 Å². The molecule has 4 heteroatoms. The van der Waals surface area contributed by atoms with Gasteiger partial charge in [0.25, 0.3) is 0 Å². The summed E-state index contributed by atoms with van der Waals surface area (Å²) in [6.45, 7) is 5.62. The van der Waals surface area contributed by atoms with Gasteiger partial charge in [-0.25, -0.2) is 0 Å². The molecule has 16 heavy (non-hydrogen) atoms. The van der Waals surface area contributed by atoms with Crippen LogP contribution in [0.5, 0.6) is 0 Å². The van der Waals surface area contributed by atoms with E-state index in [1.165, 1.54) is 10.6 Å². The maximum absolute atomic E-state index is 5.83. The van der Waals surface area contributed by atoms with Gasteiger partial charge < -0.3 is 15.4 Å². The summed E-state index contributed by atoms with van der Waals surface area (Å²) < 4.78 is 5.40. The molecule has 0 saturated carbocycles. The van der Waals surface area contributed by atoms with Crippen molar-refractivity contribution in [2.24, 2.45) is 0 Å². The van der Waals surface area contributed by atoms with Crippen LogP contribution in [-0.2, 0) is 4.74 Å². The van der Waals surface area contributed by atoms with Crippen LogP contribution in [0.3, 0.4) is 0 Å². The van der Waals surface area contributed by atoms with Gasteiger partial charge in [0.05, 0.1) is 12.3 Å². The minimum Gasteiger partial charge on any atom is -0.399 e. The van der Waals surface area contributed by atoms with Crippen molar-refractivity contribution in [1.82, 2.24) is 0 Å². The van der Waals surface area contributed by atoms with Crippen molar-refractivity contribution in [3.63, 3.8) is 0 Å². The van der Waals surface area contributed by atoms with E-state index in [0.717, 1.165) is 37.7 Å². The van der Waals surface area contributed by atoms with Crippen molar-refractivity contribution < 1.29 is 4.74 Å². The third-order valence-corrected chi connectivity index (χ3v) is 3.70. The molecule has 1 aliphatic rings. The molecule has 88 valence electrons. The maximum Gasteiger partial charge on any atom is 0.0641 e. The van der Waals surface area contributed by atoms with Crippen LogP contribution < -0.4 is 10.6 Å².